The van der Waals surface area contributed by atoms with E-state index in [2.05, 4.69) is 31.1 Å². The van der Waals surface area contributed by atoms with Gasteiger partial charge in [0, 0.05) is 17.9 Å². The molecule has 0 radical (unpaired) electrons. The van der Waals surface area contributed by atoms with E-state index in [0.29, 0.717) is 5.33 Å². The summed E-state index contributed by atoms with van der Waals surface area (Å²) in [6, 6.07) is 1.35. The highest BCUT2D eigenvalue weighted by molar-refractivity contribution is 9.09. The van der Waals surface area contributed by atoms with Crippen molar-refractivity contribution >= 4 is 27.4 Å². The summed E-state index contributed by atoms with van der Waals surface area (Å²) in [4.78, 5) is 16.6. The van der Waals surface area contributed by atoms with E-state index in [9.17, 15) is 18.0 Å². The van der Waals surface area contributed by atoms with E-state index in [1.165, 1.54) is 17.4 Å². The summed E-state index contributed by atoms with van der Waals surface area (Å²) in [5.74, 6) is 0.406. The zero-order chi connectivity index (χ0) is 14.9. The van der Waals surface area contributed by atoms with Gasteiger partial charge < -0.3 is 4.90 Å². The number of alkyl halides is 4. The second kappa shape index (κ2) is 5.43. The normalized spacial score (nSPS) is 12.1. The van der Waals surface area contributed by atoms with Crippen LogP contribution in [0.3, 0.4) is 0 Å². The molecule has 0 spiro atoms. The molecule has 2 rings (SSSR count). The standard InChI is InChI=1S/C10H11BrF3N5O/c1-6-15-7(4-8-16-17-9(20)19(6)8)18(3-2-11)5-10(12,13)14/h4H,2-3,5H2,1H3,(H,17,20). The number of halogens is 4. The maximum atomic E-state index is 12.6. The van der Waals surface area contributed by atoms with E-state index in [0.717, 1.165) is 4.90 Å². The average Bonchev–Trinajstić information content (AvgIpc) is 2.69. The van der Waals surface area contributed by atoms with Gasteiger partial charge in [-0.15, -0.1) is 0 Å². The molecule has 1 N–H and O–H groups in total. The van der Waals surface area contributed by atoms with Gasteiger partial charge >= 0.3 is 11.9 Å². The SMILES string of the molecule is Cc1nc(N(CCBr)CC(F)(F)F)cc2n[nH]c(=O)n12. The van der Waals surface area contributed by atoms with Crippen molar-refractivity contribution in [3.8, 4) is 0 Å². The molecule has 110 valence electrons. The van der Waals surface area contributed by atoms with Gasteiger partial charge in [0.1, 0.15) is 18.2 Å². The summed E-state index contributed by atoms with van der Waals surface area (Å²) in [5, 5.41) is 6.34. The lowest BCUT2D eigenvalue weighted by molar-refractivity contribution is -0.119. The van der Waals surface area contributed by atoms with Crippen LogP contribution in [0.1, 0.15) is 5.82 Å². The van der Waals surface area contributed by atoms with Crippen LogP contribution < -0.4 is 10.6 Å². The first-order valence-electron chi connectivity index (χ1n) is 5.64. The summed E-state index contributed by atoms with van der Waals surface area (Å²) in [5.41, 5.74) is -0.237. The summed E-state index contributed by atoms with van der Waals surface area (Å²) in [6.07, 6.45) is -4.34. The van der Waals surface area contributed by atoms with Gasteiger partial charge in [0.25, 0.3) is 0 Å². The van der Waals surface area contributed by atoms with Crippen LogP contribution in [0, 0.1) is 6.92 Å². The van der Waals surface area contributed by atoms with E-state index in [4.69, 9.17) is 0 Å². The zero-order valence-electron chi connectivity index (χ0n) is 10.4. The van der Waals surface area contributed by atoms with Crippen LogP contribution in [0.15, 0.2) is 10.9 Å². The number of hydrogen-bond donors (Lipinski definition) is 1. The molecule has 0 fully saturated rings. The lowest BCUT2D eigenvalue weighted by Crippen LogP contribution is -2.36. The van der Waals surface area contributed by atoms with Gasteiger partial charge in [-0.1, -0.05) is 15.9 Å². The molecule has 2 heterocycles. The highest BCUT2D eigenvalue weighted by Crippen LogP contribution is 2.21. The van der Waals surface area contributed by atoms with Gasteiger partial charge in [-0.3, -0.25) is 0 Å². The molecule has 0 aromatic carbocycles. The highest BCUT2D eigenvalue weighted by Gasteiger charge is 2.31. The molecule has 10 heteroatoms. The van der Waals surface area contributed by atoms with Crippen LogP contribution >= 0.6 is 15.9 Å². The molecule has 0 saturated carbocycles. The smallest absolute Gasteiger partial charge is 0.346 e. The third-order valence-electron chi connectivity index (χ3n) is 2.61. The Balaban J connectivity index is 2.45. The quantitative estimate of drug-likeness (QED) is 0.845. The maximum absolute atomic E-state index is 12.6. The van der Waals surface area contributed by atoms with Crippen molar-refractivity contribution < 1.29 is 13.2 Å². The van der Waals surface area contributed by atoms with Crippen molar-refractivity contribution in [3.05, 3.63) is 22.4 Å². The third kappa shape index (κ3) is 3.11. The molecule has 0 aliphatic carbocycles. The minimum atomic E-state index is -4.34. The van der Waals surface area contributed by atoms with Crippen molar-refractivity contribution in [2.24, 2.45) is 0 Å². The number of aromatic amines is 1. The molecular weight excluding hydrogens is 343 g/mol. The van der Waals surface area contributed by atoms with Gasteiger partial charge in [-0.2, -0.15) is 18.3 Å². The number of aromatic nitrogens is 4. The van der Waals surface area contributed by atoms with E-state index in [1.54, 1.807) is 0 Å². The van der Waals surface area contributed by atoms with E-state index in [-0.39, 0.29) is 23.8 Å². The molecule has 0 aliphatic rings. The molecule has 2 aromatic heterocycles. The first kappa shape index (κ1) is 14.8. The van der Waals surface area contributed by atoms with Gasteiger partial charge in [0.2, 0.25) is 0 Å². The Morgan fingerprint density at radius 2 is 2.20 bits per heavy atom. The molecule has 20 heavy (non-hydrogen) atoms. The van der Waals surface area contributed by atoms with Crippen LogP contribution in [0.25, 0.3) is 5.65 Å². The largest absolute Gasteiger partial charge is 0.405 e. The Morgan fingerprint density at radius 1 is 1.50 bits per heavy atom. The maximum Gasteiger partial charge on any atom is 0.405 e. The topological polar surface area (TPSA) is 66.3 Å². The molecular formula is C10H11BrF3N5O. The lowest BCUT2D eigenvalue weighted by Gasteiger charge is -2.24. The van der Waals surface area contributed by atoms with E-state index in [1.807, 2.05) is 0 Å². The molecule has 0 atom stereocenters. The molecule has 0 saturated heterocycles. The lowest BCUT2D eigenvalue weighted by atomic mass is 10.4. The van der Waals surface area contributed by atoms with Crippen molar-refractivity contribution in [2.75, 3.05) is 23.3 Å². The molecule has 0 bridgehead atoms. The van der Waals surface area contributed by atoms with E-state index >= 15 is 0 Å². The van der Waals surface area contributed by atoms with Crippen LogP contribution in [0.2, 0.25) is 0 Å². The van der Waals surface area contributed by atoms with E-state index < -0.39 is 18.4 Å². The van der Waals surface area contributed by atoms with Crippen LogP contribution in [0.5, 0.6) is 0 Å². The first-order valence-corrected chi connectivity index (χ1v) is 6.76. The van der Waals surface area contributed by atoms with Gasteiger partial charge in [-0.25, -0.2) is 19.3 Å². The summed E-state index contributed by atoms with van der Waals surface area (Å²) >= 11 is 3.11. The zero-order valence-corrected chi connectivity index (χ0v) is 12.0. The summed E-state index contributed by atoms with van der Waals surface area (Å²) in [7, 11) is 0. The Labute approximate surface area is 119 Å². The van der Waals surface area contributed by atoms with Gasteiger partial charge in [0.05, 0.1) is 0 Å². The first-order chi connectivity index (χ1) is 9.31. The number of nitrogens with zero attached hydrogens (tertiary/aromatic N) is 4. The number of nitrogens with one attached hydrogen (secondary N) is 1. The second-order valence-electron chi connectivity index (χ2n) is 4.11. The minimum absolute atomic E-state index is 0.130. The number of anilines is 1. The number of aryl methyl sites for hydroxylation is 1. The van der Waals surface area contributed by atoms with Crippen molar-refractivity contribution in [3.63, 3.8) is 0 Å². The fraction of sp³-hybridized carbons (Fsp3) is 0.500. The van der Waals surface area contributed by atoms with Crippen molar-refractivity contribution in [1.82, 2.24) is 19.6 Å². The number of rotatable bonds is 4. The number of hydrogen-bond acceptors (Lipinski definition) is 4. The average molecular weight is 354 g/mol. The Bertz CT molecular complexity index is 665. The molecule has 0 amide bonds. The van der Waals surface area contributed by atoms with Crippen LogP contribution in [-0.4, -0.2) is 44.2 Å². The minimum Gasteiger partial charge on any atom is -0.346 e. The monoisotopic (exact) mass is 353 g/mol. The molecule has 6 nitrogen and oxygen atoms in total. The predicted molar refractivity (Wildman–Crippen MR) is 70.4 cm³/mol. The summed E-state index contributed by atoms with van der Waals surface area (Å²) in [6.45, 7) is 0.556. The van der Waals surface area contributed by atoms with Crippen LogP contribution in [-0.2, 0) is 0 Å². The fourth-order valence-electron chi connectivity index (χ4n) is 1.84. The molecule has 0 unspecified atom stereocenters. The van der Waals surface area contributed by atoms with Crippen molar-refractivity contribution in [1.29, 1.82) is 0 Å². The molecule has 2 aromatic rings. The van der Waals surface area contributed by atoms with Crippen molar-refractivity contribution in [2.45, 2.75) is 13.1 Å². The van der Waals surface area contributed by atoms with Crippen LogP contribution in [0.4, 0.5) is 19.0 Å². The number of fused-ring (bicyclic) bond motifs is 1. The number of H-pyrrole nitrogens is 1. The van der Waals surface area contributed by atoms with Gasteiger partial charge in [0.15, 0.2) is 5.65 Å². The second-order valence-corrected chi connectivity index (χ2v) is 4.90. The molecule has 0 aliphatic heterocycles. The third-order valence-corrected chi connectivity index (χ3v) is 2.96. The van der Waals surface area contributed by atoms with Gasteiger partial charge in [-0.05, 0) is 6.92 Å². The summed E-state index contributed by atoms with van der Waals surface area (Å²) < 4.78 is 38.9. The predicted octanol–water partition coefficient (Wildman–Crippen LogP) is 1.49. The Hall–Kier alpha value is -1.58. The fourth-order valence-corrected chi connectivity index (χ4v) is 2.27. The highest BCUT2D eigenvalue weighted by atomic mass is 79.9. The Morgan fingerprint density at radius 3 is 2.80 bits per heavy atom. The Kier molecular flexibility index (Phi) is 4.02.